The number of aryl methyl sites for hydroxylation is 1. The average Bonchev–Trinajstić information content (AvgIpc) is 3.24. The van der Waals surface area contributed by atoms with Crippen LogP contribution >= 0.6 is 0 Å². The number of carbonyl (C=O) groups is 2. The molecule has 2 heterocycles. The molecule has 2 unspecified atom stereocenters. The maximum atomic E-state index is 14.1. The second-order valence-corrected chi connectivity index (χ2v) is 8.90. The van der Waals surface area contributed by atoms with Crippen LogP contribution in [0.15, 0.2) is 79.0 Å². The lowest BCUT2D eigenvalue weighted by molar-refractivity contribution is -0.119. The lowest BCUT2D eigenvalue weighted by Crippen LogP contribution is -2.47. The molecule has 7 nitrogen and oxygen atoms in total. The molecule has 3 aromatic carbocycles. The van der Waals surface area contributed by atoms with E-state index in [1.54, 1.807) is 31.3 Å². The fourth-order valence-corrected chi connectivity index (χ4v) is 5.22. The maximum absolute atomic E-state index is 14.1. The maximum Gasteiger partial charge on any atom is 0.254 e. The molecule has 1 aliphatic rings. The molecule has 7 heteroatoms. The number of hydrogen-bond donors (Lipinski definition) is 1. The summed E-state index contributed by atoms with van der Waals surface area (Å²) >= 11 is 0. The van der Waals surface area contributed by atoms with Crippen molar-refractivity contribution >= 4 is 28.4 Å². The Morgan fingerprint density at radius 2 is 1.67 bits per heavy atom. The van der Waals surface area contributed by atoms with Crippen LogP contribution < -0.4 is 10.1 Å². The third-order valence-electron chi connectivity index (χ3n) is 6.87. The van der Waals surface area contributed by atoms with Crippen LogP contribution in [0.2, 0.25) is 0 Å². The molecule has 4 aromatic rings. The normalized spacial score (nSPS) is 17.2. The number of carbonyl (C=O) groups excluding carboxylic acids is 2. The number of amides is 2. The van der Waals surface area contributed by atoms with E-state index in [9.17, 15) is 9.59 Å². The second-order valence-electron chi connectivity index (χ2n) is 8.90. The Bertz CT molecular complexity index is 1430. The molecule has 0 radical (unpaired) electrons. The number of rotatable bonds is 7. The van der Waals surface area contributed by atoms with Gasteiger partial charge in [0.15, 0.2) is 0 Å². The fraction of sp³-hybridized carbons (Fsp3) is 0.241. The lowest BCUT2D eigenvalue weighted by Gasteiger charge is -2.41. The average molecular weight is 484 g/mol. The van der Waals surface area contributed by atoms with Gasteiger partial charge < -0.3 is 24.3 Å². The van der Waals surface area contributed by atoms with Crippen molar-refractivity contribution in [1.29, 1.82) is 0 Å². The van der Waals surface area contributed by atoms with E-state index in [1.165, 1.54) is 0 Å². The monoisotopic (exact) mass is 483 g/mol. The van der Waals surface area contributed by atoms with Crippen LogP contribution in [0.1, 0.15) is 33.4 Å². The minimum atomic E-state index is -0.647. The summed E-state index contributed by atoms with van der Waals surface area (Å²) in [6.07, 6.45) is 2.03. The predicted octanol–water partition coefficient (Wildman–Crippen LogP) is 4.75. The van der Waals surface area contributed by atoms with E-state index in [0.29, 0.717) is 35.7 Å². The first-order valence-electron chi connectivity index (χ1n) is 11.9. The second kappa shape index (κ2) is 9.87. The third-order valence-corrected chi connectivity index (χ3v) is 6.87. The zero-order chi connectivity index (χ0) is 25.2. The highest BCUT2D eigenvalue weighted by atomic mass is 16.5. The first-order chi connectivity index (χ1) is 17.5. The van der Waals surface area contributed by atoms with Gasteiger partial charge >= 0.3 is 0 Å². The smallest absolute Gasteiger partial charge is 0.254 e. The summed E-state index contributed by atoms with van der Waals surface area (Å²) < 4.78 is 12.9. The predicted molar refractivity (Wildman–Crippen MR) is 139 cm³/mol. The molecule has 36 heavy (non-hydrogen) atoms. The Kier molecular flexibility index (Phi) is 6.48. The molecule has 0 spiro atoms. The van der Waals surface area contributed by atoms with Crippen molar-refractivity contribution in [3.63, 3.8) is 0 Å². The van der Waals surface area contributed by atoms with Gasteiger partial charge in [-0.1, -0.05) is 48.5 Å². The van der Waals surface area contributed by atoms with Crippen LogP contribution in [0, 0.1) is 0 Å². The molecular formula is C29H29N3O4. The number of hydrogen-bond acceptors (Lipinski definition) is 4. The van der Waals surface area contributed by atoms with E-state index in [-0.39, 0.29) is 11.8 Å². The van der Waals surface area contributed by atoms with Crippen LogP contribution in [0.5, 0.6) is 5.75 Å². The molecule has 0 saturated heterocycles. The number of ether oxygens (including phenoxy) is 2. The van der Waals surface area contributed by atoms with Crippen molar-refractivity contribution in [2.75, 3.05) is 32.7 Å². The van der Waals surface area contributed by atoms with Gasteiger partial charge in [-0.3, -0.25) is 9.59 Å². The van der Waals surface area contributed by atoms with Crippen LogP contribution in [-0.2, 0) is 16.6 Å². The molecule has 2 atom stereocenters. The summed E-state index contributed by atoms with van der Waals surface area (Å²) in [7, 11) is 5.17. The highest BCUT2D eigenvalue weighted by molar-refractivity contribution is 6.05. The number of nitrogens with one attached hydrogen (secondary N) is 1. The Morgan fingerprint density at radius 1 is 0.944 bits per heavy atom. The molecule has 0 fully saturated rings. The molecule has 2 amide bonds. The highest BCUT2D eigenvalue weighted by Gasteiger charge is 2.45. The van der Waals surface area contributed by atoms with Gasteiger partial charge in [-0.2, -0.15) is 0 Å². The number of para-hydroxylation sites is 3. The summed E-state index contributed by atoms with van der Waals surface area (Å²) in [5, 5.41) is 4.09. The minimum absolute atomic E-state index is 0.109. The Balaban J connectivity index is 1.70. The summed E-state index contributed by atoms with van der Waals surface area (Å²) in [5.74, 6) is -0.392. The van der Waals surface area contributed by atoms with Crippen molar-refractivity contribution in [2.24, 2.45) is 7.05 Å². The topological polar surface area (TPSA) is 72.8 Å². The quantitative estimate of drug-likeness (QED) is 0.412. The van der Waals surface area contributed by atoms with Crippen molar-refractivity contribution in [3.05, 3.63) is 95.7 Å². The number of fused-ring (bicyclic) bond motifs is 2. The molecule has 184 valence electrons. The number of benzene rings is 3. The molecule has 0 saturated carbocycles. The molecular weight excluding hydrogens is 454 g/mol. The fourth-order valence-electron chi connectivity index (χ4n) is 5.22. The van der Waals surface area contributed by atoms with Gasteiger partial charge in [-0.05, 0) is 29.8 Å². The van der Waals surface area contributed by atoms with E-state index >= 15 is 0 Å². The minimum Gasteiger partial charge on any atom is -0.495 e. The van der Waals surface area contributed by atoms with Crippen LogP contribution in [0.4, 0.5) is 5.69 Å². The van der Waals surface area contributed by atoms with E-state index in [4.69, 9.17) is 9.47 Å². The number of anilines is 1. The number of aromatic nitrogens is 1. The van der Waals surface area contributed by atoms with Crippen molar-refractivity contribution in [2.45, 2.75) is 12.0 Å². The molecule has 0 aliphatic carbocycles. The highest BCUT2D eigenvalue weighted by Crippen LogP contribution is 2.45. The van der Waals surface area contributed by atoms with E-state index in [1.807, 2.05) is 78.5 Å². The van der Waals surface area contributed by atoms with Crippen molar-refractivity contribution in [3.8, 4) is 5.75 Å². The van der Waals surface area contributed by atoms with Crippen LogP contribution in [0.3, 0.4) is 0 Å². The largest absolute Gasteiger partial charge is 0.495 e. The first kappa shape index (κ1) is 23.6. The Labute approximate surface area is 210 Å². The van der Waals surface area contributed by atoms with Gasteiger partial charge in [0.1, 0.15) is 5.75 Å². The van der Waals surface area contributed by atoms with Gasteiger partial charge in [0.25, 0.3) is 5.91 Å². The van der Waals surface area contributed by atoms with E-state index in [0.717, 1.165) is 16.5 Å². The standard InChI is InChI=1S/C29H29N3O4/c1-31-18-22(19-10-6-8-14-24(19)31)27-26(28(33)30-23-13-7-9-15-25(23)36-3)20-11-4-5-12-21(20)29(34)32(27)16-17-35-2/h4-15,18,26-27H,16-17H2,1-3H3,(H,30,33). The van der Waals surface area contributed by atoms with Gasteiger partial charge in [0.05, 0.1) is 31.4 Å². The molecule has 5 rings (SSSR count). The van der Waals surface area contributed by atoms with Crippen LogP contribution in [-0.4, -0.2) is 48.7 Å². The van der Waals surface area contributed by atoms with Gasteiger partial charge in [0.2, 0.25) is 5.91 Å². The summed E-state index contributed by atoms with van der Waals surface area (Å²) in [5.41, 5.74) is 3.79. The number of methoxy groups -OCH3 is 2. The zero-order valence-corrected chi connectivity index (χ0v) is 20.6. The summed E-state index contributed by atoms with van der Waals surface area (Å²) in [4.78, 5) is 29.7. The Hall–Kier alpha value is -4.10. The van der Waals surface area contributed by atoms with E-state index < -0.39 is 12.0 Å². The molecule has 0 bridgehead atoms. The lowest BCUT2D eigenvalue weighted by atomic mass is 9.79. The molecule has 1 aromatic heterocycles. The summed E-state index contributed by atoms with van der Waals surface area (Å²) in [6.45, 7) is 0.714. The zero-order valence-electron chi connectivity index (χ0n) is 20.6. The van der Waals surface area contributed by atoms with Gasteiger partial charge in [-0.25, -0.2) is 0 Å². The number of nitrogens with zero attached hydrogens (tertiary/aromatic N) is 2. The van der Waals surface area contributed by atoms with Crippen molar-refractivity contribution in [1.82, 2.24) is 9.47 Å². The van der Waals surface area contributed by atoms with Gasteiger partial charge in [-0.15, -0.1) is 0 Å². The van der Waals surface area contributed by atoms with Gasteiger partial charge in [0, 0.05) is 48.9 Å². The molecule has 1 aliphatic heterocycles. The Morgan fingerprint density at radius 3 is 2.47 bits per heavy atom. The van der Waals surface area contributed by atoms with Crippen LogP contribution in [0.25, 0.3) is 10.9 Å². The summed E-state index contributed by atoms with van der Waals surface area (Å²) in [6, 6.07) is 22.2. The van der Waals surface area contributed by atoms with E-state index in [2.05, 4.69) is 5.32 Å². The first-order valence-corrected chi connectivity index (χ1v) is 11.9. The molecule has 1 N–H and O–H groups in total. The SMILES string of the molecule is COCCN1C(=O)c2ccccc2C(C(=O)Nc2ccccc2OC)C1c1cn(C)c2ccccc12. The third kappa shape index (κ3) is 4.01. The van der Waals surface area contributed by atoms with Crippen molar-refractivity contribution < 1.29 is 19.1 Å².